The molecule has 8 heteroatoms. The highest BCUT2D eigenvalue weighted by Gasteiger charge is 2.54. The van der Waals surface area contributed by atoms with Crippen molar-refractivity contribution in [3.05, 3.63) is 102 Å². The predicted molar refractivity (Wildman–Crippen MR) is 138 cm³/mol. The van der Waals surface area contributed by atoms with Crippen LogP contribution >= 0.6 is 0 Å². The summed E-state index contributed by atoms with van der Waals surface area (Å²) < 4.78 is 13.1. The average molecular weight is 501 g/mol. The number of piperidine rings is 1. The Labute approximate surface area is 215 Å². The van der Waals surface area contributed by atoms with Crippen LogP contribution in [0.25, 0.3) is 0 Å². The van der Waals surface area contributed by atoms with Gasteiger partial charge in [-0.3, -0.25) is 14.4 Å². The quantitative estimate of drug-likeness (QED) is 0.563. The lowest BCUT2D eigenvalue weighted by Crippen LogP contribution is -2.57. The first-order valence-electron chi connectivity index (χ1n) is 12.4. The number of benzene rings is 3. The van der Waals surface area contributed by atoms with Gasteiger partial charge in [0.05, 0.1) is 6.67 Å². The Morgan fingerprint density at radius 2 is 1.49 bits per heavy atom. The molecular formula is C29H29FN4O3. The van der Waals surface area contributed by atoms with E-state index in [1.807, 2.05) is 48.5 Å². The smallest absolute Gasteiger partial charge is 0.253 e. The monoisotopic (exact) mass is 500 g/mol. The van der Waals surface area contributed by atoms with Crippen molar-refractivity contribution >= 4 is 23.4 Å². The molecule has 0 unspecified atom stereocenters. The molecule has 2 heterocycles. The molecule has 3 aromatic rings. The molecule has 1 N–H and O–H groups in total. The summed E-state index contributed by atoms with van der Waals surface area (Å²) >= 11 is 0. The lowest BCUT2D eigenvalue weighted by atomic mass is 9.85. The van der Waals surface area contributed by atoms with E-state index < -0.39 is 5.54 Å². The highest BCUT2D eigenvalue weighted by Crippen LogP contribution is 2.39. The maximum absolute atomic E-state index is 13.8. The van der Waals surface area contributed by atoms with E-state index in [1.165, 1.54) is 12.1 Å². The highest BCUT2D eigenvalue weighted by atomic mass is 19.1. The minimum atomic E-state index is -0.813. The fourth-order valence-corrected chi connectivity index (χ4v) is 5.20. The maximum Gasteiger partial charge on any atom is 0.253 e. The van der Waals surface area contributed by atoms with Gasteiger partial charge in [-0.15, -0.1) is 0 Å². The Balaban J connectivity index is 1.29. The first-order valence-corrected chi connectivity index (χ1v) is 12.4. The summed E-state index contributed by atoms with van der Waals surface area (Å²) in [5.41, 5.74) is 1.51. The Morgan fingerprint density at radius 1 is 0.865 bits per heavy atom. The van der Waals surface area contributed by atoms with Crippen LogP contribution in [0.1, 0.15) is 28.8 Å². The lowest BCUT2D eigenvalue weighted by molar-refractivity contribution is -0.137. The fraction of sp³-hybridized carbons (Fsp3) is 0.276. The number of carbonyl (C=O) groups excluding carboxylic acids is 3. The number of nitrogens with one attached hydrogen (secondary N) is 1. The second-order valence-electron chi connectivity index (χ2n) is 9.50. The van der Waals surface area contributed by atoms with Gasteiger partial charge in [-0.2, -0.15) is 0 Å². The molecule has 2 aliphatic rings. The molecule has 0 aromatic heterocycles. The molecule has 0 bridgehead atoms. The molecule has 2 saturated heterocycles. The third-order valence-corrected chi connectivity index (χ3v) is 7.22. The summed E-state index contributed by atoms with van der Waals surface area (Å²) in [6.45, 7) is 1.38. The molecule has 0 atom stereocenters. The number of hydrogen-bond donors (Lipinski definition) is 1. The van der Waals surface area contributed by atoms with Crippen molar-refractivity contribution in [2.45, 2.75) is 24.9 Å². The number of likely N-dealkylation sites (tertiary alicyclic amines) is 1. The number of hydrogen-bond acceptors (Lipinski definition) is 4. The van der Waals surface area contributed by atoms with Crippen LogP contribution in [0.4, 0.5) is 10.1 Å². The molecular weight excluding hydrogens is 471 g/mol. The van der Waals surface area contributed by atoms with E-state index in [4.69, 9.17) is 0 Å². The van der Waals surface area contributed by atoms with Crippen molar-refractivity contribution in [2.75, 3.05) is 31.2 Å². The summed E-state index contributed by atoms with van der Waals surface area (Å²) in [5.74, 6) is -0.746. The van der Waals surface area contributed by atoms with E-state index in [0.717, 1.165) is 11.3 Å². The molecule has 1 spiro atoms. The minimum Gasteiger partial charge on any atom is -0.350 e. The zero-order chi connectivity index (χ0) is 25.8. The van der Waals surface area contributed by atoms with Gasteiger partial charge in [-0.1, -0.05) is 48.5 Å². The van der Waals surface area contributed by atoms with E-state index in [9.17, 15) is 18.8 Å². The molecule has 2 fully saturated rings. The van der Waals surface area contributed by atoms with Gasteiger partial charge in [0.15, 0.2) is 0 Å². The molecule has 0 saturated carbocycles. The molecule has 7 nitrogen and oxygen atoms in total. The minimum absolute atomic E-state index is 0.0378. The van der Waals surface area contributed by atoms with E-state index in [1.54, 1.807) is 34.1 Å². The largest absolute Gasteiger partial charge is 0.350 e. The van der Waals surface area contributed by atoms with Crippen molar-refractivity contribution in [2.24, 2.45) is 0 Å². The number of nitrogens with zero attached hydrogens (tertiary/aromatic N) is 3. The molecule has 190 valence electrons. The lowest BCUT2D eigenvalue weighted by Gasteiger charge is -2.43. The van der Waals surface area contributed by atoms with Crippen LogP contribution in [-0.2, 0) is 16.1 Å². The van der Waals surface area contributed by atoms with E-state index in [2.05, 4.69) is 10.2 Å². The Bertz CT molecular complexity index is 1260. The van der Waals surface area contributed by atoms with E-state index in [-0.39, 0.29) is 36.6 Å². The SMILES string of the molecule is O=C(CN1CN(c2ccccc2)C2(CCN(C(=O)c3ccccc3)CC2)C1=O)NCc1ccc(F)cc1. The zero-order valence-electron chi connectivity index (χ0n) is 20.5. The van der Waals surface area contributed by atoms with Crippen LogP contribution in [0.3, 0.4) is 0 Å². The molecule has 0 radical (unpaired) electrons. The van der Waals surface area contributed by atoms with Gasteiger partial charge >= 0.3 is 0 Å². The summed E-state index contributed by atoms with van der Waals surface area (Å²) in [6, 6.07) is 24.8. The number of para-hydroxylation sites is 1. The van der Waals surface area contributed by atoms with Crippen LogP contribution in [0.5, 0.6) is 0 Å². The van der Waals surface area contributed by atoms with Gasteiger partial charge in [0.1, 0.15) is 17.9 Å². The first kappa shape index (κ1) is 24.5. The van der Waals surface area contributed by atoms with E-state index in [0.29, 0.717) is 38.2 Å². The summed E-state index contributed by atoms with van der Waals surface area (Å²) in [7, 11) is 0. The maximum atomic E-state index is 13.8. The summed E-state index contributed by atoms with van der Waals surface area (Å²) in [4.78, 5) is 45.0. The zero-order valence-corrected chi connectivity index (χ0v) is 20.5. The summed E-state index contributed by atoms with van der Waals surface area (Å²) in [5, 5.41) is 2.83. The Morgan fingerprint density at radius 3 is 2.14 bits per heavy atom. The van der Waals surface area contributed by atoms with Crippen molar-refractivity contribution < 1.29 is 18.8 Å². The number of anilines is 1. The Hall–Kier alpha value is -4.20. The second-order valence-corrected chi connectivity index (χ2v) is 9.50. The van der Waals surface area contributed by atoms with Gasteiger partial charge in [-0.25, -0.2) is 4.39 Å². The molecule has 37 heavy (non-hydrogen) atoms. The molecule has 5 rings (SSSR count). The van der Waals surface area contributed by atoms with Gasteiger partial charge < -0.3 is 20.0 Å². The fourth-order valence-electron chi connectivity index (χ4n) is 5.20. The van der Waals surface area contributed by atoms with Crippen molar-refractivity contribution in [3.8, 4) is 0 Å². The van der Waals surface area contributed by atoms with Gasteiger partial charge in [0.2, 0.25) is 5.91 Å². The molecule has 0 aliphatic carbocycles. The normalized spacial score (nSPS) is 16.8. The average Bonchev–Trinajstić information content (AvgIpc) is 3.20. The molecule has 3 amide bonds. The van der Waals surface area contributed by atoms with Gasteiger partial charge in [0.25, 0.3) is 11.8 Å². The van der Waals surface area contributed by atoms with Crippen LogP contribution in [0, 0.1) is 5.82 Å². The third kappa shape index (κ3) is 5.05. The number of rotatable bonds is 6. The third-order valence-electron chi connectivity index (χ3n) is 7.22. The summed E-state index contributed by atoms with van der Waals surface area (Å²) in [6.07, 6.45) is 0.958. The first-order chi connectivity index (χ1) is 18.0. The standard InChI is InChI=1S/C29H29FN4O3/c30-24-13-11-22(12-14-24)19-31-26(35)20-33-21-34(25-9-5-2-6-10-25)29(28(33)37)15-17-32(18-16-29)27(36)23-7-3-1-4-8-23/h1-14H,15-21H2,(H,31,35). The van der Waals surface area contributed by atoms with Crippen LogP contribution in [0.2, 0.25) is 0 Å². The second kappa shape index (κ2) is 10.4. The van der Waals surface area contributed by atoms with Gasteiger partial charge in [0, 0.05) is 30.9 Å². The topological polar surface area (TPSA) is 73.0 Å². The van der Waals surface area contributed by atoms with E-state index >= 15 is 0 Å². The molecule has 3 aromatic carbocycles. The van der Waals surface area contributed by atoms with Crippen molar-refractivity contribution in [1.82, 2.24) is 15.1 Å². The Kier molecular flexibility index (Phi) is 6.90. The van der Waals surface area contributed by atoms with Crippen molar-refractivity contribution in [1.29, 1.82) is 0 Å². The predicted octanol–water partition coefficient (Wildman–Crippen LogP) is 3.42. The van der Waals surface area contributed by atoms with Crippen LogP contribution in [0.15, 0.2) is 84.9 Å². The number of carbonyl (C=O) groups is 3. The van der Waals surface area contributed by atoms with Crippen LogP contribution in [-0.4, -0.2) is 59.4 Å². The number of halogens is 1. The van der Waals surface area contributed by atoms with Crippen molar-refractivity contribution in [3.63, 3.8) is 0 Å². The number of amides is 3. The highest BCUT2D eigenvalue weighted by molar-refractivity contribution is 5.97. The van der Waals surface area contributed by atoms with Gasteiger partial charge in [-0.05, 0) is 54.8 Å². The van der Waals surface area contributed by atoms with Crippen LogP contribution < -0.4 is 10.2 Å². The molecule has 2 aliphatic heterocycles.